The smallest absolute Gasteiger partial charge is 0.0740 e. The van der Waals surface area contributed by atoms with Crippen LogP contribution in [0, 0.1) is 0 Å². The van der Waals surface area contributed by atoms with Crippen LogP contribution >= 0.6 is 12.2 Å². The summed E-state index contributed by atoms with van der Waals surface area (Å²) >= 11 is 4.93. The fourth-order valence-electron chi connectivity index (χ4n) is 2.04. The van der Waals surface area contributed by atoms with E-state index in [1.807, 2.05) is 18.2 Å². The summed E-state index contributed by atoms with van der Waals surface area (Å²) in [6.45, 7) is 4.84. The predicted octanol–water partition coefficient (Wildman–Crippen LogP) is 2.73. The van der Waals surface area contributed by atoms with Gasteiger partial charge >= 0.3 is 0 Å². The van der Waals surface area contributed by atoms with Crippen molar-refractivity contribution in [1.29, 1.82) is 0 Å². The van der Waals surface area contributed by atoms with Crippen LogP contribution in [0.1, 0.15) is 19.0 Å². The Kier molecular flexibility index (Phi) is 4.82. The molecule has 19 heavy (non-hydrogen) atoms. The summed E-state index contributed by atoms with van der Waals surface area (Å²) in [4.78, 5) is 7.56. The van der Waals surface area contributed by atoms with Crippen LogP contribution in [0.4, 0.5) is 0 Å². The molecular weight excluding hydrogens is 254 g/mol. The highest BCUT2D eigenvalue weighted by Gasteiger charge is 2.06. The maximum absolute atomic E-state index is 5.55. The van der Waals surface area contributed by atoms with E-state index in [1.54, 1.807) is 0 Å². The van der Waals surface area contributed by atoms with Crippen LogP contribution in [0.2, 0.25) is 0 Å². The van der Waals surface area contributed by atoms with Gasteiger partial charge in [-0.05, 0) is 18.7 Å². The highest BCUT2D eigenvalue weighted by Crippen LogP contribution is 2.13. The molecule has 100 valence electrons. The number of aromatic nitrogens is 1. The Morgan fingerprint density at radius 2 is 2.05 bits per heavy atom. The molecule has 1 aromatic heterocycles. The van der Waals surface area contributed by atoms with Crippen LogP contribution in [0.15, 0.2) is 36.4 Å². The van der Waals surface area contributed by atoms with E-state index >= 15 is 0 Å². The fourth-order valence-corrected chi connectivity index (χ4v) is 2.13. The third kappa shape index (κ3) is 3.98. The van der Waals surface area contributed by atoms with Gasteiger partial charge in [0.2, 0.25) is 0 Å². The van der Waals surface area contributed by atoms with Crippen LogP contribution in [0.3, 0.4) is 0 Å². The number of hydrogen-bond donors (Lipinski definition) is 1. The zero-order valence-corrected chi connectivity index (χ0v) is 12.0. The molecule has 3 nitrogen and oxygen atoms in total. The van der Waals surface area contributed by atoms with E-state index in [0.717, 1.165) is 37.3 Å². The minimum Gasteiger partial charge on any atom is -0.393 e. The number of nitrogens with zero attached hydrogens (tertiary/aromatic N) is 2. The molecule has 0 aliphatic heterocycles. The van der Waals surface area contributed by atoms with Gasteiger partial charge in [-0.3, -0.25) is 9.88 Å². The number of benzene rings is 1. The summed E-state index contributed by atoms with van der Waals surface area (Å²) in [5, 5.41) is 1.18. The maximum atomic E-state index is 5.55. The van der Waals surface area contributed by atoms with Crippen molar-refractivity contribution in [3.8, 4) is 0 Å². The number of hydrogen-bond acceptors (Lipinski definition) is 3. The summed E-state index contributed by atoms with van der Waals surface area (Å²) in [5.41, 5.74) is 7.69. The Labute approximate surface area is 119 Å². The molecule has 1 heterocycles. The second-order valence-electron chi connectivity index (χ2n) is 4.58. The maximum Gasteiger partial charge on any atom is 0.0740 e. The van der Waals surface area contributed by atoms with Gasteiger partial charge in [-0.1, -0.05) is 43.4 Å². The SMILES string of the molecule is CCN(CCC(N)=S)Cc1ccc2ccccc2n1. The molecule has 0 spiro atoms. The molecule has 1 aromatic carbocycles. The lowest BCUT2D eigenvalue weighted by Gasteiger charge is -2.19. The minimum atomic E-state index is 0.574. The van der Waals surface area contributed by atoms with Gasteiger partial charge in [0.25, 0.3) is 0 Å². The Morgan fingerprint density at radius 3 is 2.79 bits per heavy atom. The van der Waals surface area contributed by atoms with Crippen LogP contribution in [0.25, 0.3) is 10.9 Å². The summed E-state index contributed by atoms with van der Waals surface area (Å²) in [6.07, 6.45) is 0.761. The molecule has 0 amide bonds. The Bertz CT molecular complexity index is 568. The first-order valence-corrected chi connectivity index (χ1v) is 6.95. The number of rotatable bonds is 6. The van der Waals surface area contributed by atoms with Crippen LogP contribution in [0.5, 0.6) is 0 Å². The van der Waals surface area contributed by atoms with Gasteiger partial charge in [-0.2, -0.15) is 0 Å². The molecule has 0 radical (unpaired) electrons. The number of thiocarbonyl (C=S) groups is 1. The van der Waals surface area contributed by atoms with Crippen LogP contribution in [-0.2, 0) is 6.54 Å². The highest BCUT2D eigenvalue weighted by molar-refractivity contribution is 7.80. The second kappa shape index (κ2) is 6.59. The molecule has 2 rings (SSSR count). The number of para-hydroxylation sites is 1. The molecular formula is C15H19N3S. The lowest BCUT2D eigenvalue weighted by atomic mass is 10.2. The van der Waals surface area contributed by atoms with Gasteiger partial charge in [0, 0.05) is 24.9 Å². The molecule has 0 fully saturated rings. The highest BCUT2D eigenvalue weighted by atomic mass is 32.1. The van der Waals surface area contributed by atoms with Crippen molar-refractivity contribution in [2.45, 2.75) is 19.9 Å². The Hall–Kier alpha value is -1.52. The van der Waals surface area contributed by atoms with Gasteiger partial charge in [-0.15, -0.1) is 0 Å². The summed E-state index contributed by atoms with van der Waals surface area (Å²) in [5.74, 6) is 0. The predicted molar refractivity (Wildman–Crippen MR) is 84.1 cm³/mol. The molecule has 0 aliphatic rings. The summed E-state index contributed by atoms with van der Waals surface area (Å²) in [7, 11) is 0. The molecule has 0 bridgehead atoms. The zero-order valence-electron chi connectivity index (χ0n) is 11.2. The first-order valence-electron chi connectivity index (χ1n) is 6.54. The number of fused-ring (bicyclic) bond motifs is 1. The van der Waals surface area contributed by atoms with E-state index in [-0.39, 0.29) is 0 Å². The number of nitrogens with two attached hydrogens (primary N) is 1. The van der Waals surface area contributed by atoms with Gasteiger partial charge in [0.15, 0.2) is 0 Å². The van der Waals surface area contributed by atoms with E-state index in [2.05, 4.69) is 35.0 Å². The van der Waals surface area contributed by atoms with Crippen molar-refractivity contribution in [2.75, 3.05) is 13.1 Å². The van der Waals surface area contributed by atoms with Gasteiger partial charge in [0.1, 0.15) is 0 Å². The standard InChI is InChI=1S/C15H19N3S/c1-2-18(10-9-15(16)19)11-13-8-7-12-5-3-4-6-14(12)17-13/h3-8H,2,9-11H2,1H3,(H2,16,19). The largest absolute Gasteiger partial charge is 0.393 e. The van der Waals surface area contributed by atoms with E-state index in [9.17, 15) is 0 Å². The van der Waals surface area contributed by atoms with Crippen molar-refractivity contribution in [1.82, 2.24) is 9.88 Å². The van der Waals surface area contributed by atoms with Crippen molar-refractivity contribution >= 4 is 28.1 Å². The zero-order chi connectivity index (χ0) is 13.7. The third-order valence-corrected chi connectivity index (χ3v) is 3.37. The Balaban J connectivity index is 2.08. The monoisotopic (exact) mass is 273 g/mol. The second-order valence-corrected chi connectivity index (χ2v) is 5.10. The first-order chi connectivity index (χ1) is 9.19. The Morgan fingerprint density at radius 1 is 1.26 bits per heavy atom. The molecule has 0 aliphatic carbocycles. The molecule has 0 atom stereocenters. The summed E-state index contributed by atoms with van der Waals surface area (Å²) < 4.78 is 0. The van der Waals surface area contributed by atoms with Gasteiger partial charge in [-0.25, -0.2) is 0 Å². The van der Waals surface area contributed by atoms with Crippen molar-refractivity contribution < 1.29 is 0 Å². The molecule has 2 N–H and O–H groups in total. The quantitative estimate of drug-likeness (QED) is 0.822. The number of pyridine rings is 1. The summed E-state index contributed by atoms with van der Waals surface area (Å²) in [6, 6.07) is 12.4. The van der Waals surface area contributed by atoms with Gasteiger partial charge < -0.3 is 5.73 Å². The lowest BCUT2D eigenvalue weighted by molar-refractivity contribution is 0.285. The van der Waals surface area contributed by atoms with Gasteiger partial charge in [0.05, 0.1) is 16.2 Å². The fraction of sp³-hybridized carbons (Fsp3) is 0.333. The molecule has 2 aromatic rings. The molecule has 4 heteroatoms. The normalized spacial score (nSPS) is 11.1. The first kappa shape index (κ1) is 13.9. The third-order valence-electron chi connectivity index (χ3n) is 3.16. The molecule has 0 unspecified atom stereocenters. The van der Waals surface area contributed by atoms with Crippen LogP contribution in [-0.4, -0.2) is 28.0 Å². The minimum absolute atomic E-state index is 0.574. The van der Waals surface area contributed by atoms with Crippen molar-refractivity contribution in [2.24, 2.45) is 5.73 Å². The van der Waals surface area contributed by atoms with E-state index in [4.69, 9.17) is 18.0 Å². The van der Waals surface area contributed by atoms with Crippen LogP contribution < -0.4 is 5.73 Å². The van der Waals surface area contributed by atoms with E-state index in [0.29, 0.717) is 4.99 Å². The molecule has 0 saturated heterocycles. The topological polar surface area (TPSA) is 42.1 Å². The van der Waals surface area contributed by atoms with Crippen molar-refractivity contribution in [3.63, 3.8) is 0 Å². The van der Waals surface area contributed by atoms with Crippen molar-refractivity contribution in [3.05, 3.63) is 42.1 Å². The van der Waals surface area contributed by atoms with E-state index in [1.165, 1.54) is 5.39 Å². The molecule has 0 saturated carbocycles. The average Bonchev–Trinajstić information content (AvgIpc) is 2.43. The average molecular weight is 273 g/mol. The lowest BCUT2D eigenvalue weighted by Crippen LogP contribution is -2.27. The van der Waals surface area contributed by atoms with E-state index < -0.39 is 0 Å².